The van der Waals surface area contributed by atoms with E-state index >= 15 is 0 Å². The predicted molar refractivity (Wildman–Crippen MR) is 187 cm³/mol. The van der Waals surface area contributed by atoms with Crippen LogP contribution in [-0.2, 0) is 32.6 Å². The number of thioether (sulfide) groups is 1. The molecule has 2 atom stereocenters. The van der Waals surface area contributed by atoms with Crippen LogP contribution < -0.4 is 9.62 Å². The lowest BCUT2D eigenvalue weighted by Gasteiger charge is -2.34. The Morgan fingerprint density at radius 2 is 1.39 bits per heavy atom. The first-order valence-electron chi connectivity index (χ1n) is 15.4. The van der Waals surface area contributed by atoms with Gasteiger partial charge in [-0.05, 0) is 81.0 Å². The van der Waals surface area contributed by atoms with Crippen molar-refractivity contribution in [3.8, 4) is 0 Å². The number of benzene rings is 4. The first-order valence-corrected chi connectivity index (χ1v) is 18.1. The number of anilines is 1. The van der Waals surface area contributed by atoms with Crippen molar-refractivity contribution in [1.82, 2.24) is 10.2 Å². The summed E-state index contributed by atoms with van der Waals surface area (Å²) in [5, 5.41) is 3.07. The van der Waals surface area contributed by atoms with Crippen LogP contribution in [0.2, 0.25) is 0 Å². The van der Waals surface area contributed by atoms with Crippen molar-refractivity contribution in [1.29, 1.82) is 0 Å². The zero-order valence-electron chi connectivity index (χ0n) is 27.1. The largest absolute Gasteiger partial charge is 0.352 e. The number of amides is 2. The van der Waals surface area contributed by atoms with E-state index in [1.165, 1.54) is 16.7 Å². The van der Waals surface area contributed by atoms with Crippen molar-refractivity contribution in [2.75, 3.05) is 17.1 Å². The molecule has 0 aliphatic heterocycles. The molecule has 0 spiro atoms. The summed E-state index contributed by atoms with van der Waals surface area (Å²) in [7, 11) is -4.15. The quantitative estimate of drug-likeness (QED) is 0.151. The second-order valence-corrected chi connectivity index (χ2v) is 14.3. The molecule has 4 rings (SSSR count). The molecule has 4 aromatic rings. The molecule has 1 N–H and O–H groups in total. The van der Waals surface area contributed by atoms with E-state index in [9.17, 15) is 18.0 Å². The zero-order chi connectivity index (χ0) is 33.3. The molecule has 0 aromatic heterocycles. The first-order chi connectivity index (χ1) is 22.0. The molecular weight excluding hydrogens is 615 g/mol. The molecule has 2 amide bonds. The second kappa shape index (κ2) is 16.0. The highest BCUT2D eigenvalue weighted by molar-refractivity contribution is 7.98. The van der Waals surface area contributed by atoms with Crippen molar-refractivity contribution in [2.45, 2.75) is 69.0 Å². The van der Waals surface area contributed by atoms with Gasteiger partial charge in [0.1, 0.15) is 12.6 Å². The van der Waals surface area contributed by atoms with Crippen LogP contribution in [0, 0.1) is 13.8 Å². The van der Waals surface area contributed by atoms with Crippen molar-refractivity contribution >= 4 is 39.3 Å². The molecule has 4 aromatic carbocycles. The summed E-state index contributed by atoms with van der Waals surface area (Å²) in [4.78, 5) is 31.1. The van der Waals surface area contributed by atoms with E-state index < -0.39 is 28.5 Å². The number of hydrogen-bond donors (Lipinski definition) is 1. The second-order valence-electron chi connectivity index (χ2n) is 11.6. The molecule has 0 bridgehead atoms. The highest BCUT2D eigenvalue weighted by Crippen LogP contribution is 2.27. The van der Waals surface area contributed by atoms with Gasteiger partial charge < -0.3 is 10.2 Å². The minimum absolute atomic E-state index is 0.0825. The molecular formula is C37H43N3O4S2. The molecule has 0 fully saturated rings. The number of nitrogens with one attached hydrogen (secondary N) is 1. The third-order valence-electron chi connectivity index (χ3n) is 7.99. The molecule has 46 heavy (non-hydrogen) atoms. The molecule has 0 heterocycles. The molecule has 0 aliphatic rings. The van der Waals surface area contributed by atoms with Gasteiger partial charge in [-0.15, -0.1) is 11.8 Å². The predicted octanol–water partition coefficient (Wildman–Crippen LogP) is 6.78. The lowest BCUT2D eigenvalue weighted by Crippen LogP contribution is -2.54. The fraction of sp³-hybridized carbons (Fsp3) is 0.297. The smallest absolute Gasteiger partial charge is 0.264 e. The van der Waals surface area contributed by atoms with Crippen LogP contribution in [-0.4, -0.2) is 50.0 Å². The van der Waals surface area contributed by atoms with Gasteiger partial charge in [0.15, 0.2) is 0 Å². The summed E-state index contributed by atoms with van der Waals surface area (Å²) >= 11 is 1.52. The Morgan fingerprint density at radius 3 is 1.96 bits per heavy atom. The molecule has 0 saturated heterocycles. The highest BCUT2D eigenvalue weighted by Gasteiger charge is 2.35. The molecule has 2 unspecified atom stereocenters. The van der Waals surface area contributed by atoms with Crippen LogP contribution in [0.1, 0.15) is 42.5 Å². The van der Waals surface area contributed by atoms with E-state index in [0.29, 0.717) is 5.69 Å². The monoisotopic (exact) mass is 657 g/mol. The van der Waals surface area contributed by atoms with E-state index in [0.717, 1.165) is 37.9 Å². The maximum Gasteiger partial charge on any atom is 0.264 e. The summed E-state index contributed by atoms with van der Waals surface area (Å²) < 4.78 is 29.6. The van der Waals surface area contributed by atoms with Crippen LogP contribution >= 0.6 is 11.8 Å². The fourth-order valence-corrected chi connectivity index (χ4v) is 6.82. The van der Waals surface area contributed by atoms with E-state index in [4.69, 9.17) is 0 Å². The topological polar surface area (TPSA) is 86.8 Å². The average molecular weight is 658 g/mol. The summed E-state index contributed by atoms with van der Waals surface area (Å²) in [6, 6.07) is 30.1. The number of sulfonamides is 1. The van der Waals surface area contributed by atoms with Gasteiger partial charge in [-0.1, -0.05) is 84.8 Å². The van der Waals surface area contributed by atoms with Gasteiger partial charge in [-0.2, -0.15) is 0 Å². The van der Waals surface area contributed by atoms with Crippen LogP contribution in [0.25, 0.3) is 0 Å². The van der Waals surface area contributed by atoms with Crippen LogP contribution in [0.15, 0.2) is 113 Å². The molecule has 0 radical (unpaired) electrons. The van der Waals surface area contributed by atoms with Crippen molar-refractivity contribution < 1.29 is 18.0 Å². The number of rotatable bonds is 14. The number of aryl methyl sites for hydroxylation is 2. The summed E-state index contributed by atoms with van der Waals surface area (Å²) in [6.07, 6.45) is 2.92. The molecule has 0 saturated carbocycles. The van der Waals surface area contributed by atoms with Crippen molar-refractivity contribution in [3.63, 3.8) is 0 Å². The summed E-state index contributed by atoms with van der Waals surface area (Å²) in [5.74, 6) is -0.762. The van der Waals surface area contributed by atoms with E-state index in [1.807, 2.05) is 101 Å². The SMILES string of the molecule is CCC(C)NC(=O)C(Cc1ccccc1)N(Cc1ccc(C)cc1)C(=O)CN(c1ccc(C)cc1)S(=O)(=O)c1ccc(SC)cc1. The maximum absolute atomic E-state index is 14.6. The van der Waals surface area contributed by atoms with Crippen molar-refractivity contribution in [3.05, 3.63) is 125 Å². The maximum atomic E-state index is 14.6. The van der Waals surface area contributed by atoms with Gasteiger partial charge in [0.2, 0.25) is 11.8 Å². The van der Waals surface area contributed by atoms with Gasteiger partial charge in [-0.3, -0.25) is 13.9 Å². The number of carbonyl (C=O) groups excluding carboxylic acids is 2. The first kappa shape index (κ1) is 34.8. The standard InChI is InChI=1S/C37H43N3O4S2/c1-6-29(4)38-37(42)35(24-30-10-8-7-9-11-30)39(25-31-16-12-27(2)13-17-31)36(41)26-40(32-18-14-28(3)15-19-32)46(43,44)34-22-20-33(45-5)21-23-34/h7-23,29,35H,6,24-26H2,1-5H3,(H,38,42). The fourth-order valence-electron chi connectivity index (χ4n) is 5.00. The van der Waals surface area contributed by atoms with Gasteiger partial charge >= 0.3 is 0 Å². The molecule has 7 nitrogen and oxygen atoms in total. The Kier molecular flexibility index (Phi) is 12.1. The number of nitrogens with zero attached hydrogens (tertiary/aromatic N) is 2. The Balaban J connectivity index is 1.80. The van der Waals surface area contributed by atoms with Gasteiger partial charge in [-0.25, -0.2) is 8.42 Å². The van der Waals surface area contributed by atoms with Crippen LogP contribution in [0.3, 0.4) is 0 Å². The van der Waals surface area contributed by atoms with Crippen molar-refractivity contribution in [2.24, 2.45) is 0 Å². The third kappa shape index (κ3) is 9.01. The number of hydrogen-bond acceptors (Lipinski definition) is 5. The minimum atomic E-state index is -4.15. The summed E-state index contributed by atoms with van der Waals surface area (Å²) in [5.41, 5.74) is 4.13. The van der Waals surface area contributed by atoms with E-state index in [2.05, 4.69) is 5.32 Å². The third-order valence-corrected chi connectivity index (χ3v) is 10.5. The molecule has 9 heteroatoms. The van der Waals surface area contributed by atoms with Gasteiger partial charge in [0.25, 0.3) is 10.0 Å². The van der Waals surface area contributed by atoms with Gasteiger partial charge in [0.05, 0.1) is 10.6 Å². The molecule has 242 valence electrons. The Hall–Kier alpha value is -4.08. The normalized spacial score (nSPS) is 12.6. The summed E-state index contributed by atoms with van der Waals surface area (Å²) in [6.45, 7) is 7.47. The Morgan fingerprint density at radius 1 is 0.804 bits per heavy atom. The lowest BCUT2D eigenvalue weighted by molar-refractivity contribution is -0.140. The highest BCUT2D eigenvalue weighted by atomic mass is 32.2. The van der Waals surface area contributed by atoms with E-state index in [1.54, 1.807) is 36.4 Å². The van der Waals surface area contributed by atoms with E-state index in [-0.39, 0.29) is 29.8 Å². The lowest BCUT2D eigenvalue weighted by atomic mass is 10.0. The van der Waals surface area contributed by atoms with Crippen LogP contribution in [0.4, 0.5) is 5.69 Å². The molecule has 0 aliphatic carbocycles. The number of carbonyl (C=O) groups is 2. The Bertz CT molecular complexity index is 1690. The average Bonchev–Trinajstić information content (AvgIpc) is 3.06. The van der Waals surface area contributed by atoms with Gasteiger partial charge in [0, 0.05) is 23.9 Å². The zero-order valence-corrected chi connectivity index (χ0v) is 28.8. The minimum Gasteiger partial charge on any atom is -0.352 e. The Labute approximate surface area is 278 Å². The van der Waals surface area contributed by atoms with Crippen LogP contribution in [0.5, 0.6) is 0 Å².